The van der Waals surface area contributed by atoms with Gasteiger partial charge < -0.3 is 25.0 Å². The van der Waals surface area contributed by atoms with Crippen LogP contribution in [0.1, 0.15) is 19.8 Å². The lowest BCUT2D eigenvalue weighted by molar-refractivity contribution is -0.114. The fourth-order valence-corrected chi connectivity index (χ4v) is 4.87. The van der Waals surface area contributed by atoms with E-state index in [0.717, 1.165) is 11.4 Å². The number of amidine groups is 1. The van der Waals surface area contributed by atoms with Crippen LogP contribution >= 0.6 is 0 Å². The monoisotopic (exact) mass is 622 g/mol. The second-order valence-electron chi connectivity index (χ2n) is 11.0. The number of rotatable bonds is 14. The molecule has 0 atom stereocenters. The summed E-state index contributed by atoms with van der Waals surface area (Å²) in [7, 11) is 7.21. The highest BCUT2D eigenvalue weighted by molar-refractivity contribution is 6.20. The number of carbonyl (C=O) groups excluding carboxylic acids is 2. The van der Waals surface area contributed by atoms with E-state index in [2.05, 4.69) is 23.5 Å². The van der Waals surface area contributed by atoms with Gasteiger partial charge >= 0.3 is 0 Å². The fraction of sp³-hybridized carbons (Fsp3) is 0.250. The van der Waals surface area contributed by atoms with Gasteiger partial charge in [0.15, 0.2) is 5.84 Å². The Morgan fingerprint density at radius 1 is 0.935 bits per heavy atom. The van der Waals surface area contributed by atoms with Crippen LogP contribution in [-0.2, 0) is 9.59 Å². The predicted octanol–water partition coefficient (Wildman–Crippen LogP) is 5.93. The first-order valence-electron chi connectivity index (χ1n) is 15.0. The van der Waals surface area contributed by atoms with Crippen molar-refractivity contribution in [3.8, 4) is 17.2 Å². The molecule has 4 rings (SSSR count). The molecule has 1 saturated carbocycles. The van der Waals surface area contributed by atoms with Gasteiger partial charge in [-0.15, -0.1) is 0 Å². The first kappa shape index (κ1) is 33.5. The zero-order valence-electron chi connectivity index (χ0n) is 27.1. The van der Waals surface area contributed by atoms with Crippen molar-refractivity contribution < 1.29 is 19.1 Å². The number of likely N-dealkylation sites (N-methyl/N-ethyl adjacent to an activating group) is 3. The van der Waals surface area contributed by atoms with Crippen molar-refractivity contribution in [2.75, 3.05) is 49.5 Å². The van der Waals surface area contributed by atoms with Crippen molar-refractivity contribution in [3.05, 3.63) is 109 Å². The Morgan fingerprint density at radius 2 is 1.54 bits per heavy atom. The maximum Gasteiger partial charge on any atom is 0.250 e. The normalized spacial score (nSPS) is 13.7. The number of ether oxygens (including phenoxy) is 2. The molecular formula is C36H42N6O4. The highest BCUT2D eigenvalue weighted by Crippen LogP contribution is 2.30. The molecule has 0 aromatic heterocycles. The lowest BCUT2D eigenvalue weighted by Crippen LogP contribution is -2.38. The van der Waals surface area contributed by atoms with Crippen LogP contribution in [0, 0.1) is 0 Å². The Hall–Kier alpha value is -5.35. The third-order valence-corrected chi connectivity index (χ3v) is 7.64. The van der Waals surface area contributed by atoms with Gasteiger partial charge in [0.25, 0.3) is 0 Å². The molecule has 1 aliphatic carbocycles. The van der Waals surface area contributed by atoms with E-state index >= 15 is 0 Å². The minimum atomic E-state index is -0.170. The third-order valence-electron chi connectivity index (χ3n) is 7.64. The van der Waals surface area contributed by atoms with E-state index in [1.807, 2.05) is 72.6 Å². The Kier molecular flexibility index (Phi) is 11.4. The second kappa shape index (κ2) is 15.6. The summed E-state index contributed by atoms with van der Waals surface area (Å²) in [5, 5.41) is 0. The Morgan fingerprint density at radius 3 is 2.11 bits per heavy atom. The zero-order chi connectivity index (χ0) is 33.2. The number of hydrogen-bond donors (Lipinski definition) is 1. The predicted molar refractivity (Wildman–Crippen MR) is 186 cm³/mol. The SMILES string of the molecule is C=CN=C(/C(=C(\C)N)N(C)c1ccc(Oc2ccc(OC)cc2)cc1)N(C=O)c1cccc(N(C)C(=O)/C=C/CN(C)C2CC2)c1. The van der Waals surface area contributed by atoms with Crippen molar-refractivity contribution in [2.45, 2.75) is 25.8 Å². The molecule has 0 bridgehead atoms. The molecule has 0 unspecified atom stereocenters. The number of anilines is 3. The third kappa shape index (κ3) is 8.42. The van der Waals surface area contributed by atoms with E-state index in [0.29, 0.717) is 53.3 Å². The average molecular weight is 623 g/mol. The molecule has 46 heavy (non-hydrogen) atoms. The number of hydrogen-bond acceptors (Lipinski definition) is 8. The lowest BCUT2D eigenvalue weighted by Gasteiger charge is -2.30. The molecule has 0 aliphatic heterocycles. The first-order chi connectivity index (χ1) is 22.2. The maximum absolute atomic E-state index is 12.9. The molecule has 0 radical (unpaired) electrons. The van der Waals surface area contributed by atoms with Gasteiger partial charge in [0.2, 0.25) is 12.3 Å². The highest BCUT2D eigenvalue weighted by Gasteiger charge is 2.26. The molecule has 0 heterocycles. The summed E-state index contributed by atoms with van der Waals surface area (Å²) in [6.07, 6.45) is 7.89. The number of nitrogens with two attached hydrogens (primary N) is 1. The second-order valence-corrected chi connectivity index (χ2v) is 11.0. The molecule has 10 heteroatoms. The highest BCUT2D eigenvalue weighted by atomic mass is 16.5. The van der Waals surface area contributed by atoms with Crippen molar-refractivity contribution in [3.63, 3.8) is 0 Å². The van der Waals surface area contributed by atoms with E-state index in [-0.39, 0.29) is 11.7 Å². The number of carbonyl (C=O) groups is 2. The molecular weight excluding hydrogens is 580 g/mol. The van der Waals surface area contributed by atoms with E-state index in [4.69, 9.17) is 15.2 Å². The van der Waals surface area contributed by atoms with Gasteiger partial charge in [0.1, 0.15) is 22.9 Å². The van der Waals surface area contributed by atoms with Crippen LogP contribution in [0.3, 0.4) is 0 Å². The zero-order valence-corrected chi connectivity index (χ0v) is 27.1. The molecule has 3 aromatic rings. The number of allylic oxidation sites excluding steroid dienone is 1. The number of methoxy groups -OCH3 is 1. The number of amides is 2. The quantitative estimate of drug-likeness (QED) is 0.103. The molecule has 0 saturated heterocycles. The molecule has 10 nitrogen and oxygen atoms in total. The minimum Gasteiger partial charge on any atom is -0.497 e. The molecule has 2 amide bonds. The van der Waals surface area contributed by atoms with Crippen molar-refractivity contribution in [1.82, 2.24) is 4.90 Å². The average Bonchev–Trinajstić information content (AvgIpc) is 3.91. The van der Waals surface area contributed by atoms with Crippen LogP contribution in [0.15, 0.2) is 114 Å². The minimum absolute atomic E-state index is 0.170. The summed E-state index contributed by atoms with van der Waals surface area (Å²) in [5.74, 6) is 2.16. The van der Waals surface area contributed by atoms with Gasteiger partial charge in [-0.3, -0.25) is 19.4 Å². The van der Waals surface area contributed by atoms with Crippen LogP contribution in [0.2, 0.25) is 0 Å². The number of nitrogens with zero attached hydrogens (tertiary/aromatic N) is 5. The van der Waals surface area contributed by atoms with E-state index < -0.39 is 0 Å². The van der Waals surface area contributed by atoms with Crippen molar-refractivity contribution in [2.24, 2.45) is 10.7 Å². The lowest BCUT2D eigenvalue weighted by atomic mass is 10.2. The summed E-state index contributed by atoms with van der Waals surface area (Å²) in [6, 6.07) is 22.5. The molecule has 1 aliphatic rings. The van der Waals surface area contributed by atoms with Crippen molar-refractivity contribution in [1.29, 1.82) is 0 Å². The van der Waals surface area contributed by atoms with Crippen LogP contribution < -0.4 is 29.9 Å². The van der Waals surface area contributed by atoms with E-state index in [1.54, 1.807) is 45.4 Å². The molecule has 1 fully saturated rings. The van der Waals surface area contributed by atoms with E-state index in [1.165, 1.54) is 28.8 Å². The summed E-state index contributed by atoms with van der Waals surface area (Å²) in [4.78, 5) is 37.1. The van der Waals surface area contributed by atoms with Crippen LogP contribution in [0.4, 0.5) is 17.1 Å². The number of benzene rings is 3. The Bertz CT molecular complexity index is 1610. The van der Waals surface area contributed by atoms with Gasteiger partial charge in [-0.05, 0) is 93.5 Å². The maximum atomic E-state index is 12.9. The largest absolute Gasteiger partial charge is 0.497 e. The summed E-state index contributed by atoms with van der Waals surface area (Å²) in [6.45, 7) is 6.22. The van der Waals surface area contributed by atoms with Gasteiger partial charge in [-0.2, -0.15) is 0 Å². The first-order valence-corrected chi connectivity index (χ1v) is 15.0. The molecule has 240 valence electrons. The topological polar surface area (TPSA) is 104 Å². The number of aliphatic imine (C=N–C) groups is 1. The molecule has 0 spiro atoms. The van der Waals surface area contributed by atoms with Crippen LogP contribution in [0.25, 0.3) is 0 Å². The van der Waals surface area contributed by atoms with Crippen molar-refractivity contribution >= 4 is 35.2 Å². The summed E-state index contributed by atoms with van der Waals surface area (Å²) in [5.41, 5.74) is 9.24. The summed E-state index contributed by atoms with van der Waals surface area (Å²) < 4.78 is 11.2. The van der Waals surface area contributed by atoms with Gasteiger partial charge in [-0.25, -0.2) is 4.99 Å². The van der Waals surface area contributed by atoms with E-state index in [9.17, 15) is 9.59 Å². The summed E-state index contributed by atoms with van der Waals surface area (Å²) >= 11 is 0. The fourth-order valence-electron chi connectivity index (χ4n) is 4.87. The van der Waals surface area contributed by atoms with Gasteiger partial charge in [-0.1, -0.05) is 18.7 Å². The van der Waals surface area contributed by atoms with Gasteiger partial charge in [0.05, 0.1) is 12.8 Å². The smallest absolute Gasteiger partial charge is 0.250 e. The van der Waals surface area contributed by atoms with Gasteiger partial charge in [0, 0.05) is 56.0 Å². The Labute approximate surface area is 271 Å². The molecule has 2 N–H and O–H groups in total. The molecule has 3 aromatic carbocycles. The Balaban J connectivity index is 1.55. The van der Waals surface area contributed by atoms with Crippen LogP contribution in [0.5, 0.6) is 17.2 Å². The standard InChI is InChI=1S/C36H42N6O4/c1-7-38-36(35(26(2)37)41(5)28-15-17-32(18-16-28)46-33-21-19-31(45-6)20-22-33)42(25-43)30-11-8-10-29(24-30)40(4)34(44)12-9-23-39(3)27-13-14-27/h7-12,15-22,24-25,27H,1,13-14,23,37H2,2-6H3/b12-9+,35-26-,38-36?. The van der Waals surface area contributed by atoms with Crippen LogP contribution in [-0.4, -0.2) is 63.9 Å².